The molecule has 2 aromatic rings. The maximum Gasteiger partial charge on any atom is 0.340 e. The van der Waals surface area contributed by atoms with E-state index in [0.717, 1.165) is 4.88 Å². The van der Waals surface area contributed by atoms with Crippen LogP contribution < -0.4 is 5.32 Å². The van der Waals surface area contributed by atoms with Gasteiger partial charge in [-0.1, -0.05) is 6.07 Å². The van der Waals surface area contributed by atoms with Crippen LogP contribution in [0.3, 0.4) is 0 Å². The maximum atomic E-state index is 11.7. The fourth-order valence-corrected chi connectivity index (χ4v) is 2.32. The molecule has 1 amide bonds. The molecular weight excluding hydrogens is 276 g/mol. The van der Waals surface area contributed by atoms with Crippen molar-refractivity contribution in [2.45, 2.75) is 13.0 Å². The molecule has 0 fully saturated rings. The summed E-state index contributed by atoms with van der Waals surface area (Å²) in [6, 6.07) is 6.99. The Kier molecular flexibility index (Phi) is 4.84. The van der Waals surface area contributed by atoms with Crippen LogP contribution in [0.5, 0.6) is 0 Å². The first kappa shape index (κ1) is 14.2. The highest BCUT2D eigenvalue weighted by atomic mass is 32.1. The van der Waals surface area contributed by atoms with Crippen molar-refractivity contribution in [1.29, 1.82) is 0 Å². The third kappa shape index (κ3) is 3.89. The molecule has 0 spiro atoms. The Morgan fingerprint density at radius 3 is 2.90 bits per heavy atom. The van der Waals surface area contributed by atoms with Crippen LogP contribution >= 0.6 is 11.3 Å². The molecule has 6 heteroatoms. The zero-order chi connectivity index (χ0) is 14.4. The van der Waals surface area contributed by atoms with Crippen LogP contribution in [0.15, 0.2) is 42.0 Å². The molecule has 0 aliphatic rings. The van der Waals surface area contributed by atoms with Crippen LogP contribution in [0.2, 0.25) is 0 Å². The predicted octanol–water partition coefficient (Wildman–Crippen LogP) is 2.18. The molecule has 0 aliphatic heterocycles. The first-order valence-corrected chi connectivity index (χ1v) is 6.94. The largest absolute Gasteiger partial charge is 0.452 e. The van der Waals surface area contributed by atoms with Crippen molar-refractivity contribution in [3.63, 3.8) is 0 Å². The zero-order valence-electron chi connectivity index (χ0n) is 10.9. The summed E-state index contributed by atoms with van der Waals surface area (Å²) in [5.41, 5.74) is 0.326. The molecule has 1 N–H and O–H groups in total. The molecule has 0 radical (unpaired) electrons. The van der Waals surface area contributed by atoms with E-state index in [-0.39, 0.29) is 18.6 Å². The lowest BCUT2D eigenvalue weighted by Crippen LogP contribution is -2.30. The third-order valence-corrected chi connectivity index (χ3v) is 3.63. The second kappa shape index (κ2) is 6.81. The van der Waals surface area contributed by atoms with E-state index in [4.69, 9.17) is 4.74 Å². The van der Waals surface area contributed by atoms with Crippen LogP contribution in [0.25, 0.3) is 0 Å². The van der Waals surface area contributed by atoms with Crippen LogP contribution in [0.1, 0.15) is 28.2 Å². The summed E-state index contributed by atoms with van der Waals surface area (Å²) >= 11 is 1.56. The van der Waals surface area contributed by atoms with E-state index >= 15 is 0 Å². The fraction of sp³-hybridized carbons (Fsp3) is 0.214. The van der Waals surface area contributed by atoms with E-state index in [1.165, 1.54) is 6.20 Å². The molecule has 0 unspecified atom stereocenters. The SMILES string of the molecule is C[C@H](NC(=O)COC(=O)c1cccnc1)c1cccs1. The number of thiophene rings is 1. The molecule has 104 valence electrons. The summed E-state index contributed by atoms with van der Waals surface area (Å²) < 4.78 is 4.92. The molecule has 0 aliphatic carbocycles. The van der Waals surface area contributed by atoms with Crippen LogP contribution in [0.4, 0.5) is 0 Å². The Morgan fingerprint density at radius 2 is 2.25 bits per heavy atom. The second-order valence-electron chi connectivity index (χ2n) is 4.12. The number of carbonyl (C=O) groups excluding carboxylic acids is 2. The molecule has 0 aromatic carbocycles. The lowest BCUT2D eigenvalue weighted by Gasteiger charge is -2.12. The highest BCUT2D eigenvalue weighted by Gasteiger charge is 2.13. The van der Waals surface area contributed by atoms with E-state index < -0.39 is 5.97 Å². The number of esters is 1. The lowest BCUT2D eigenvalue weighted by molar-refractivity contribution is -0.124. The van der Waals surface area contributed by atoms with Crippen LogP contribution in [-0.4, -0.2) is 23.5 Å². The van der Waals surface area contributed by atoms with E-state index in [2.05, 4.69) is 10.3 Å². The molecule has 0 bridgehead atoms. The zero-order valence-corrected chi connectivity index (χ0v) is 11.7. The summed E-state index contributed by atoms with van der Waals surface area (Å²) in [4.78, 5) is 28.2. The number of rotatable bonds is 5. The summed E-state index contributed by atoms with van der Waals surface area (Å²) in [6.07, 6.45) is 2.96. The van der Waals surface area contributed by atoms with Gasteiger partial charge in [-0.2, -0.15) is 0 Å². The normalized spacial score (nSPS) is 11.7. The van der Waals surface area contributed by atoms with Crippen molar-refractivity contribution < 1.29 is 14.3 Å². The Bertz CT molecular complexity index is 569. The quantitative estimate of drug-likeness (QED) is 0.857. The van der Waals surface area contributed by atoms with Gasteiger partial charge in [0.25, 0.3) is 5.91 Å². The van der Waals surface area contributed by atoms with Gasteiger partial charge in [0.15, 0.2) is 6.61 Å². The van der Waals surface area contributed by atoms with Gasteiger partial charge in [0.1, 0.15) is 0 Å². The van der Waals surface area contributed by atoms with Crippen molar-refractivity contribution in [3.8, 4) is 0 Å². The Morgan fingerprint density at radius 1 is 1.40 bits per heavy atom. The Hall–Kier alpha value is -2.21. The third-order valence-electron chi connectivity index (χ3n) is 2.58. The minimum absolute atomic E-state index is 0.0976. The Balaban J connectivity index is 1.79. The topological polar surface area (TPSA) is 68.3 Å². The molecule has 0 saturated carbocycles. The van der Waals surface area contributed by atoms with Crippen LogP contribution in [0, 0.1) is 0 Å². The standard InChI is InChI=1S/C14H14N2O3S/c1-10(12-5-3-7-20-12)16-13(17)9-19-14(18)11-4-2-6-15-8-11/h2-8,10H,9H2,1H3,(H,16,17)/t10-/m0/s1. The summed E-state index contributed by atoms with van der Waals surface area (Å²) in [7, 11) is 0. The number of ether oxygens (including phenoxy) is 1. The maximum absolute atomic E-state index is 11.7. The van der Waals surface area contributed by atoms with Gasteiger partial charge in [0.05, 0.1) is 11.6 Å². The molecule has 2 heterocycles. The van der Waals surface area contributed by atoms with Gasteiger partial charge in [0, 0.05) is 17.3 Å². The van der Waals surface area contributed by atoms with E-state index in [9.17, 15) is 9.59 Å². The van der Waals surface area contributed by atoms with Gasteiger partial charge in [-0.15, -0.1) is 11.3 Å². The first-order chi connectivity index (χ1) is 9.66. The van der Waals surface area contributed by atoms with Crippen molar-refractivity contribution in [1.82, 2.24) is 10.3 Å². The molecule has 1 atom stereocenters. The number of carbonyl (C=O) groups is 2. The fourth-order valence-electron chi connectivity index (χ4n) is 1.59. The Labute approximate surface area is 120 Å². The smallest absolute Gasteiger partial charge is 0.340 e. The number of amides is 1. The molecule has 2 rings (SSSR count). The number of nitrogens with one attached hydrogen (secondary N) is 1. The van der Waals surface area contributed by atoms with Crippen molar-refractivity contribution in [3.05, 3.63) is 52.5 Å². The second-order valence-corrected chi connectivity index (χ2v) is 5.10. The predicted molar refractivity (Wildman–Crippen MR) is 75.4 cm³/mol. The van der Waals surface area contributed by atoms with E-state index in [1.807, 2.05) is 24.4 Å². The number of aromatic nitrogens is 1. The van der Waals surface area contributed by atoms with Crippen molar-refractivity contribution in [2.75, 3.05) is 6.61 Å². The van der Waals surface area contributed by atoms with Crippen molar-refractivity contribution >= 4 is 23.2 Å². The average molecular weight is 290 g/mol. The molecule has 2 aromatic heterocycles. The van der Waals surface area contributed by atoms with E-state index in [1.54, 1.807) is 29.7 Å². The molecular formula is C14H14N2O3S. The minimum atomic E-state index is -0.558. The monoisotopic (exact) mass is 290 g/mol. The summed E-state index contributed by atoms with van der Waals surface area (Å²) in [5, 5.41) is 4.71. The minimum Gasteiger partial charge on any atom is -0.452 e. The number of hydrogen-bond donors (Lipinski definition) is 1. The summed E-state index contributed by atoms with van der Waals surface area (Å²) in [6.45, 7) is 1.58. The number of hydrogen-bond acceptors (Lipinski definition) is 5. The van der Waals surface area contributed by atoms with Gasteiger partial charge in [-0.25, -0.2) is 4.79 Å². The highest BCUT2D eigenvalue weighted by Crippen LogP contribution is 2.17. The van der Waals surface area contributed by atoms with Gasteiger partial charge in [0.2, 0.25) is 0 Å². The first-order valence-electron chi connectivity index (χ1n) is 6.06. The van der Waals surface area contributed by atoms with Crippen molar-refractivity contribution in [2.24, 2.45) is 0 Å². The lowest BCUT2D eigenvalue weighted by atomic mass is 10.3. The number of pyridine rings is 1. The average Bonchev–Trinajstić information content (AvgIpc) is 3.00. The molecule has 0 saturated heterocycles. The molecule has 20 heavy (non-hydrogen) atoms. The number of nitrogens with zero attached hydrogens (tertiary/aromatic N) is 1. The van der Waals surface area contributed by atoms with Gasteiger partial charge >= 0.3 is 5.97 Å². The highest BCUT2D eigenvalue weighted by molar-refractivity contribution is 7.10. The van der Waals surface area contributed by atoms with Gasteiger partial charge in [-0.05, 0) is 30.5 Å². The van der Waals surface area contributed by atoms with Crippen LogP contribution in [-0.2, 0) is 9.53 Å². The molecule has 5 nitrogen and oxygen atoms in total. The van der Waals surface area contributed by atoms with Gasteiger partial charge < -0.3 is 10.1 Å². The van der Waals surface area contributed by atoms with Gasteiger partial charge in [-0.3, -0.25) is 9.78 Å². The van der Waals surface area contributed by atoms with E-state index in [0.29, 0.717) is 5.56 Å². The summed E-state index contributed by atoms with van der Waals surface area (Å²) in [5.74, 6) is -0.889.